The second-order valence-corrected chi connectivity index (χ2v) is 15.8. The van der Waals surface area contributed by atoms with Crippen LogP contribution in [0.1, 0.15) is 73.9 Å². The van der Waals surface area contributed by atoms with Gasteiger partial charge in [0.25, 0.3) is 0 Å². The predicted molar refractivity (Wildman–Crippen MR) is 223 cm³/mol. The van der Waals surface area contributed by atoms with Gasteiger partial charge in [-0.2, -0.15) is 4.80 Å². The number of aryl methyl sites for hydroxylation is 2. The summed E-state index contributed by atoms with van der Waals surface area (Å²) in [4.78, 5) is 24.8. The summed E-state index contributed by atoms with van der Waals surface area (Å²) in [5, 5.41) is 31.3. The van der Waals surface area contributed by atoms with Crippen molar-refractivity contribution in [2.45, 2.75) is 64.2 Å². The molecule has 4 aliphatic rings. The van der Waals surface area contributed by atoms with E-state index in [-0.39, 0.29) is 0 Å². The lowest BCUT2D eigenvalue weighted by Crippen LogP contribution is -2.31. The molecular weight excluding hydrogens is 729 g/mol. The number of nitrogens with one attached hydrogen (secondary N) is 2. The zero-order valence-electron chi connectivity index (χ0n) is 33.6. The number of benzene rings is 2. The molecule has 16 heteroatoms. The van der Waals surface area contributed by atoms with Gasteiger partial charge in [0.1, 0.15) is 24.3 Å². The van der Waals surface area contributed by atoms with Gasteiger partial charge in [-0.15, -0.1) is 15.3 Å². The molecule has 0 saturated carbocycles. The topological polar surface area (TPSA) is 169 Å². The molecule has 2 N–H and O–H groups in total. The van der Waals surface area contributed by atoms with Crippen molar-refractivity contribution in [3.05, 3.63) is 71.6 Å². The number of rotatable bonds is 12. The number of nitrogens with zero attached hydrogens (tertiary/aromatic N) is 14. The lowest BCUT2D eigenvalue weighted by atomic mass is 10.0. The number of hydrogen-bond donors (Lipinski definition) is 2. The van der Waals surface area contributed by atoms with E-state index in [4.69, 9.17) is 0 Å². The summed E-state index contributed by atoms with van der Waals surface area (Å²) >= 11 is 0. The Bertz CT molecular complexity index is 2340. The average Bonchev–Trinajstić information content (AvgIpc) is 4.06. The summed E-state index contributed by atoms with van der Waals surface area (Å²) in [6, 6.07) is 12.7. The van der Waals surface area contributed by atoms with Crippen LogP contribution >= 0.6 is 0 Å². The molecular formula is C42H52N16. The van der Waals surface area contributed by atoms with Gasteiger partial charge < -0.3 is 20.4 Å². The Labute approximate surface area is 338 Å². The van der Waals surface area contributed by atoms with Crippen molar-refractivity contribution in [1.82, 2.24) is 70.2 Å². The van der Waals surface area contributed by atoms with E-state index in [0.29, 0.717) is 5.82 Å². The average molecular weight is 781 g/mol. The molecule has 2 fully saturated rings. The number of tetrazole rings is 2. The van der Waals surface area contributed by atoms with Crippen molar-refractivity contribution in [3.8, 4) is 45.0 Å². The molecule has 0 atom stereocenters. The Morgan fingerprint density at radius 2 is 1.16 bits per heavy atom. The molecule has 6 aromatic rings. The lowest BCUT2D eigenvalue weighted by molar-refractivity contribution is 0.228. The van der Waals surface area contributed by atoms with Crippen LogP contribution in [0.2, 0.25) is 0 Å². The van der Waals surface area contributed by atoms with Gasteiger partial charge in [-0.25, -0.2) is 24.6 Å². The van der Waals surface area contributed by atoms with Crippen LogP contribution < -0.4 is 10.6 Å². The quantitative estimate of drug-likeness (QED) is 0.158. The van der Waals surface area contributed by atoms with E-state index in [0.717, 1.165) is 103 Å². The zero-order chi connectivity index (χ0) is 39.3. The highest BCUT2D eigenvalue weighted by Gasteiger charge is 2.26. The molecule has 4 aromatic heterocycles. The molecule has 58 heavy (non-hydrogen) atoms. The molecule has 0 amide bonds. The maximum Gasteiger partial charge on any atom is 0.204 e. The first kappa shape index (κ1) is 37.8. The van der Waals surface area contributed by atoms with Crippen molar-refractivity contribution in [2.75, 3.05) is 63.0 Å². The summed E-state index contributed by atoms with van der Waals surface area (Å²) in [5.74, 6) is 3.30. The minimum absolute atomic E-state index is 0.647. The summed E-state index contributed by atoms with van der Waals surface area (Å²) in [7, 11) is 3.63. The molecule has 2 saturated heterocycles. The first-order valence-electron chi connectivity index (χ1n) is 20.9. The van der Waals surface area contributed by atoms with E-state index in [2.05, 4.69) is 108 Å². The molecule has 2 aromatic carbocycles. The number of piperidine rings is 2. The van der Waals surface area contributed by atoms with Gasteiger partial charge in [0, 0.05) is 55.2 Å². The van der Waals surface area contributed by atoms with Gasteiger partial charge in [-0.3, -0.25) is 0 Å². The molecule has 6 heterocycles. The van der Waals surface area contributed by atoms with E-state index < -0.39 is 0 Å². The molecule has 0 unspecified atom stereocenters. The largest absolute Gasteiger partial charge is 0.369 e. The van der Waals surface area contributed by atoms with Gasteiger partial charge in [-0.1, -0.05) is 37.1 Å². The second-order valence-electron chi connectivity index (χ2n) is 15.8. The number of hydrogen-bond acceptors (Lipinski definition) is 14. The maximum atomic E-state index is 4.55. The van der Waals surface area contributed by atoms with Crippen LogP contribution in [0, 0.1) is 0 Å². The normalized spacial score (nSPS) is 15.9. The molecule has 0 radical (unpaired) electrons. The zero-order valence-corrected chi connectivity index (χ0v) is 33.6. The fourth-order valence-electron chi connectivity index (χ4n) is 8.81. The van der Waals surface area contributed by atoms with E-state index in [1.807, 2.05) is 7.05 Å². The van der Waals surface area contributed by atoms with Gasteiger partial charge in [-0.05, 0) is 128 Å². The highest BCUT2D eigenvalue weighted by atomic mass is 15.6. The van der Waals surface area contributed by atoms with Crippen molar-refractivity contribution in [1.29, 1.82) is 0 Å². The Balaban J connectivity index is 0.000000150. The minimum atomic E-state index is 0.647. The Morgan fingerprint density at radius 3 is 1.67 bits per heavy atom. The summed E-state index contributed by atoms with van der Waals surface area (Å²) in [6.45, 7) is 9.17. The van der Waals surface area contributed by atoms with Crippen LogP contribution in [0.5, 0.6) is 0 Å². The van der Waals surface area contributed by atoms with Crippen LogP contribution in [0.15, 0.2) is 49.1 Å². The van der Waals surface area contributed by atoms with Crippen molar-refractivity contribution < 1.29 is 0 Å². The van der Waals surface area contributed by atoms with Gasteiger partial charge in [0.05, 0.1) is 18.4 Å². The Kier molecular flexibility index (Phi) is 11.3. The maximum absolute atomic E-state index is 4.55. The molecule has 0 spiro atoms. The van der Waals surface area contributed by atoms with Gasteiger partial charge in [0.2, 0.25) is 5.82 Å². The monoisotopic (exact) mass is 780 g/mol. The Hall–Kier alpha value is -5.74. The number of aromatic nitrogens is 12. The van der Waals surface area contributed by atoms with Crippen LogP contribution in [-0.2, 0) is 26.9 Å². The number of fused-ring (bicyclic) bond motifs is 6. The van der Waals surface area contributed by atoms with Gasteiger partial charge in [0.15, 0.2) is 5.82 Å². The van der Waals surface area contributed by atoms with Crippen LogP contribution in [0.4, 0.5) is 11.6 Å². The first-order valence-corrected chi connectivity index (χ1v) is 20.9. The number of anilines is 2. The highest BCUT2D eigenvalue weighted by Crippen LogP contribution is 2.42. The summed E-state index contributed by atoms with van der Waals surface area (Å²) in [6.07, 6.45) is 15.4. The molecule has 300 valence electrons. The highest BCUT2D eigenvalue weighted by molar-refractivity contribution is 5.86. The van der Waals surface area contributed by atoms with Crippen LogP contribution in [-0.4, -0.2) is 123 Å². The smallest absolute Gasteiger partial charge is 0.204 e. The van der Waals surface area contributed by atoms with E-state index in [9.17, 15) is 0 Å². The first-order chi connectivity index (χ1) is 28.6. The third kappa shape index (κ3) is 8.29. The lowest BCUT2D eigenvalue weighted by Gasteiger charge is -2.26. The van der Waals surface area contributed by atoms with Crippen LogP contribution in [0.25, 0.3) is 45.0 Å². The van der Waals surface area contributed by atoms with E-state index in [1.165, 1.54) is 91.8 Å². The van der Waals surface area contributed by atoms with E-state index >= 15 is 0 Å². The van der Waals surface area contributed by atoms with Crippen LogP contribution in [0.3, 0.4) is 0 Å². The fraction of sp³-hybridized carbons (Fsp3) is 0.476. The van der Waals surface area contributed by atoms with Crippen molar-refractivity contribution >= 4 is 11.6 Å². The van der Waals surface area contributed by atoms with E-state index in [1.54, 1.807) is 24.4 Å². The second kappa shape index (κ2) is 17.4. The summed E-state index contributed by atoms with van der Waals surface area (Å²) in [5.41, 5.74) is 11.3. The molecule has 2 aliphatic carbocycles. The van der Waals surface area contributed by atoms with Crippen molar-refractivity contribution in [3.63, 3.8) is 0 Å². The molecule has 2 aliphatic heterocycles. The molecule has 16 nitrogen and oxygen atoms in total. The predicted octanol–water partition coefficient (Wildman–Crippen LogP) is 5.05. The molecule has 0 bridgehead atoms. The number of likely N-dealkylation sites (tertiary alicyclic amines) is 2. The Morgan fingerprint density at radius 1 is 0.603 bits per heavy atom. The van der Waals surface area contributed by atoms with Crippen molar-refractivity contribution in [2.24, 2.45) is 14.1 Å². The summed E-state index contributed by atoms with van der Waals surface area (Å²) < 4.78 is 1.69. The molecule has 10 rings (SSSR count). The third-order valence-corrected chi connectivity index (χ3v) is 11.7. The minimum Gasteiger partial charge on any atom is -0.369 e. The third-order valence-electron chi connectivity index (χ3n) is 11.7. The fourth-order valence-corrected chi connectivity index (χ4v) is 8.81. The SMILES string of the molecule is Cn1nnc(-c2ccc3c(c2)Cc2ncnc(NCCCN4CCCCC4)c2-3)n1.Cn1nnnc1-c1ccc2c(c1)Cc1ncnc(NCCCN3CCCCC3)c1-2. The van der Waals surface area contributed by atoms with Gasteiger partial charge >= 0.3 is 0 Å². The standard InChI is InChI=1S/2C21H26N8/c1-28-21(25-26-27-28)15-6-7-17-16(12-15)13-18-19(17)20(24-14-23-18)22-8-5-11-29-9-3-2-4-10-29;1-28-26-20(25-27-28)15-6-7-17-16(12-15)13-18-19(17)21(24-14-23-18)22-8-5-11-29-9-3-2-4-10-29/h2*6-7,12,14H,2-5,8-11,13H2,1H3,(H,22,23,24).